The second-order valence-electron chi connectivity index (χ2n) is 5.38. The summed E-state index contributed by atoms with van der Waals surface area (Å²) in [4.78, 5) is 36.8. The number of nitrogens with one attached hydrogen (secondary N) is 1. The standard InChI is InChI=1S/C18H16Cl2N2O3/c1-11(23)13-3-6-15(7-4-13)22(12(2)24)10-18(25)21-17-9-14(19)5-8-16(17)20/h3-9H,10H2,1-2H3,(H,21,25). The van der Waals surface area contributed by atoms with Crippen molar-refractivity contribution in [1.29, 1.82) is 0 Å². The van der Waals surface area contributed by atoms with E-state index in [-0.39, 0.29) is 18.2 Å². The van der Waals surface area contributed by atoms with Gasteiger partial charge in [0, 0.05) is 23.2 Å². The summed E-state index contributed by atoms with van der Waals surface area (Å²) in [7, 11) is 0. The van der Waals surface area contributed by atoms with E-state index in [9.17, 15) is 14.4 Å². The number of carbonyl (C=O) groups excluding carboxylic acids is 3. The van der Waals surface area contributed by atoms with Crippen molar-refractivity contribution in [3.05, 3.63) is 58.1 Å². The van der Waals surface area contributed by atoms with Gasteiger partial charge in [-0.25, -0.2) is 0 Å². The minimum Gasteiger partial charge on any atom is -0.323 e. The fourth-order valence-electron chi connectivity index (χ4n) is 2.19. The molecule has 25 heavy (non-hydrogen) atoms. The van der Waals surface area contributed by atoms with Crippen molar-refractivity contribution in [3.63, 3.8) is 0 Å². The lowest BCUT2D eigenvalue weighted by atomic mass is 10.1. The normalized spacial score (nSPS) is 10.2. The van der Waals surface area contributed by atoms with Crippen LogP contribution in [0.2, 0.25) is 10.0 Å². The van der Waals surface area contributed by atoms with Crippen LogP contribution in [-0.4, -0.2) is 24.1 Å². The highest BCUT2D eigenvalue weighted by Gasteiger charge is 2.17. The highest BCUT2D eigenvalue weighted by molar-refractivity contribution is 6.35. The van der Waals surface area contributed by atoms with Crippen LogP contribution in [-0.2, 0) is 9.59 Å². The third kappa shape index (κ3) is 5.05. The summed E-state index contributed by atoms with van der Waals surface area (Å²) in [6.07, 6.45) is 0. The van der Waals surface area contributed by atoms with E-state index in [0.29, 0.717) is 27.0 Å². The molecule has 0 saturated heterocycles. The van der Waals surface area contributed by atoms with Gasteiger partial charge in [0.15, 0.2) is 5.78 Å². The molecule has 2 aromatic rings. The molecule has 5 nitrogen and oxygen atoms in total. The minimum absolute atomic E-state index is 0.0748. The Morgan fingerprint density at radius 2 is 1.64 bits per heavy atom. The van der Waals surface area contributed by atoms with Crippen LogP contribution in [0.3, 0.4) is 0 Å². The zero-order chi connectivity index (χ0) is 18.6. The molecule has 0 aromatic heterocycles. The Balaban J connectivity index is 2.15. The number of amides is 2. The van der Waals surface area contributed by atoms with E-state index in [1.807, 2.05) is 0 Å². The fourth-order valence-corrected chi connectivity index (χ4v) is 2.52. The number of ketones is 1. The average Bonchev–Trinajstić information content (AvgIpc) is 2.56. The Bertz CT molecular complexity index is 820. The maximum absolute atomic E-state index is 12.3. The van der Waals surface area contributed by atoms with Crippen molar-refractivity contribution in [2.75, 3.05) is 16.8 Å². The predicted molar refractivity (Wildman–Crippen MR) is 99.6 cm³/mol. The SMILES string of the molecule is CC(=O)c1ccc(N(CC(=O)Nc2cc(Cl)ccc2Cl)C(C)=O)cc1. The van der Waals surface area contributed by atoms with Crippen molar-refractivity contribution < 1.29 is 14.4 Å². The van der Waals surface area contributed by atoms with Gasteiger partial charge in [-0.3, -0.25) is 14.4 Å². The number of hydrogen-bond acceptors (Lipinski definition) is 3. The Kier molecular flexibility index (Phi) is 6.17. The summed E-state index contributed by atoms with van der Waals surface area (Å²) in [5.41, 5.74) is 1.42. The molecule has 7 heteroatoms. The molecule has 130 valence electrons. The first-order valence-electron chi connectivity index (χ1n) is 7.42. The van der Waals surface area contributed by atoms with Crippen LogP contribution in [0, 0.1) is 0 Å². The molecule has 0 aliphatic heterocycles. The van der Waals surface area contributed by atoms with Crippen molar-refractivity contribution in [3.8, 4) is 0 Å². The van der Waals surface area contributed by atoms with Crippen LogP contribution in [0.4, 0.5) is 11.4 Å². The number of Topliss-reactive ketones (excluding diaryl/α,β-unsaturated/α-hetero) is 1. The summed E-state index contributed by atoms with van der Waals surface area (Å²) >= 11 is 11.9. The lowest BCUT2D eigenvalue weighted by molar-refractivity contribution is -0.120. The van der Waals surface area contributed by atoms with Gasteiger partial charge >= 0.3 is 0 Å². The summed E-state index contributed by atoms with van der Waals surface area (Å²) in [5.74, 6) is -0.799. The van der Waals surface area contributed by atoms with Crippen molar-refractivity contribution in [2.45, 2.75) is 13.8 Å². The fraction of sp³-hybridized carbons (Fsp3) is 0.167. The van der Waals surface area contributed by atoms with Gasteiger partial charge in [0.25, 0.3) is 0 Å². The molecule has 0 aliphatic carbocycles. The molecule has 0 heterocycles. The van der Waals surface area contributed by atoms with Crippen LogP contribution in [0.25, 0.3) is 0 Å². The highest BCUT2D eigenvalue weighted by Crippen LogP contribution is 2.25. The molecule has 2 aromatic carbocycles. The number of anilines is 2. The van der Waals surface area contributed by atoms with Gasteiger partial charge < -0.3 is 10.2 Å². The number of hydrogen-bond donors (Lipinski definition) is 1. The number of halogens is 2. The van der Waals surface area contributed by atoms with E-state index in [1.54, 1.807) is 36.4 Å². The van der Waals surface area contributed by atoms with Crippen LogP contribution < -0.4 is 10.2 Å². The highest BCUT2D eigenvalue weighted by atomic mass is 35.5. The zero-order valence-corrected chi connectivity index (χ0v) is 15.2. The molecule has 0 saturated carbocycles. The topological polar surface area (TPSA) is 66.5 Å². The Labute approximate surface area is 155 Å². The molecule has 1 N–H and O–H groups in total. The van der Waals surface area contributed by atoms with Gasteiger partial charge in [-0.2, -0.15) is 0 Å². The van der Waals surface area contributed by atoms with Crippen molar-refractivity contribution in [2.24, 2.45) is 0 Å². The predicted octanol–water partition coefficient (Wildman–Crippen LogP) is 4.19. The Morgan fingerprint density at radius 3 is 2.20 bits per heavy atom. The average molecular weight is 379 g/mol. The van der Waals surface area contributed by atoms with Crippen LogP contribution >= 0.6 is 23.2 Å². The number of carbonyl (C=O) groups is 3. The molecule has 2 amide bonds. The summed E-state index contributed by atoms with van der Waals surface area (Å²) in [5, 5.41) is 3.41. The van der Waals surface area contributed by atoms with Crippen LogP contribution in [0.15, 0.2) is 42.5 Å². The van der Waals surface area contributed by atoms with Gasteiger partial charge in [-0.1, -0.05) is 23.2 Å². The molecule has 0 radical (unpaired) electrons. The smallest absolute Gasteiger partial charge is 0.244 e. The first kappa shape index (κ1) is 19.0. The van der Waals surface area contributed by atoms with Crippen molar-refractivity contribution in [1.82, 2.24) is 0 Å². The van der Waals surface area contributed by atoms with Gasteiger partial charge in [0.2, 0.25) is 11.8 Å². The molecular formula is C18H16Cl2N2O3. The monoisotopic (exact) mass is 378 g/mol. The molecule has 0 aliphatic rings. The van der Waals surface area contributed by atoms with Crippen LogP contribution in [0.5, 0.6) is 0 Å². The van der Waals surface area contributed by atoms with Gasteiger partial charge in [0.1, 0.15) is 6.54 Å². The second-order valence-corrected chi connectivity index (χ2v) is 6.22. The van der Waals surface area contributed by atoms with E-state index in [2.05, 4.69) is 5.32 Å². The first-order chi connectivity index (χ1) is 11.8. The molecule has 2 rings (SSSR count). The first-order valence-corrected chi connectivity index (χ1v) is 8.17. The summed E-state index contributed by atoms with van der Waals surface area (Å²) in [6.45, 7) is 2.62. The minimum atomic E-state index is -0.421. The number of nitrogens with zero attached hydrogens (tertiary/aromatic N) is 1. The van der Waals surface area contributed by atoms with Gasteiger partial charge in [-0.05, 0) is 49.4 Å². The summed E-state index contributed by atoms with van der Waals surface area (Å²) < 4.78 is 0. The van der Waals surface area contributed by atoms with Gasteiger partial charge in [-0.15, -0.1) is 0 Å². The molecule has 0 unspecified atom stereocenters. The lowest BCUT2D eigenvalue weighted by Crippen LogP contribution is -2.36. The third-order valence-corrected chi connectivity index (χ3v) is 4.03. The van der Waals surface area contributed by atoms with E-state index >= 15 is 0 Å². The maximum Gasteiger partial charge on any atom is 0.244 e. The Hall–Kier alpha value is -2.37. The number of rotatable bonds is 5. The molecule has 0 atom stereocenters. The second kappa shape index (κ2) is 8.14. The van der Waals surface area contributed by atoms with E-state index in [1.165, 1.54) is 24.8 Å². The molecule has 0 bridgehead atoms. The van der Waals surface area contributed by atoms with E-state index in [4.69, 9.17) is 23.2 Å². The van der Waals surface area contributed by atoms with Gasteiger partial charge in [0.05, 0.1) is 10.7 Å². The Morgan fingerprint density at radius 1 is 1.00 bits per heavy atom. The third-order valence-electron chi connectivity index (χ3n) is 3.47. The molecule has 0 spiro atoms. The van der Waals surface area contributed by atoms with Crippen molar-refractivity contribution >= 4 is 52.2 Å². The zero-order valence-electron chi connectivity index (χ0n) is 13.7. The summed E-state index contributed by atoms with van der Waals surface area (Å²) in [6, 6.07) is 11.2. The lowest BCUT2D eigenvalue weighted by Gasteiger charge is -2.21. The quantitative estimate of drug-likeness (QED) is 0.793. The molecular weight excluding hydrogens is 363 g/mol. The molecule has 0 fully saturated rings. The number of benzene rings is 2. The van der Waals surface area contributed by atoms with Crippen LogP contribution in [0.1, 0.15) is 24.2 Å². The van der Waals surface area contributed by atoms with E-state index < -0.39 is 5.91 Å². The van der Waals surface area contributed by atoms with E-state index in [0.717, 1.165) is 0 Å². The largest absolute Gasteiger partial charge is 0.323 e. The maximum atomic E-state index is 12.3.